The van der Waals surface area contributed by atoms with Crippen LogP contribution in [0.15, 0.2) is 61.2 Å². The second-order valence-electron chi connectivity index (χ2n) is 5.78. The summed E-state index contributed by atoms with van der Waals surface area (Å²) in [5, 5.41) is 12.3. The minimum Gasteiger partial charge on any atom is -0.508 e. The zero-order chi connectivity index (χ0) is 18.1. The van der Waals surface area contributed by atoms with Gasteiger partial charge in [-0.1, -0.05) is 0 Å². The average molecular weight is 345 g/mol. The summed E-state index contributed by atoms with van der Waals surface area (Å²) in [6.45, 7) is 1.83. The normalized spacial score (nSPS) is 10.8. The van der Waals surface area contributed by atoms with Crippen LogP contribution in [0, 0.1) is 6.92 Å². The Morgan fingerprint density at radius 1 is 1.12 bits per heavy atom. The van der Waals surface area contributed by atoms with Gasteiger partial charge in [-0.3, -0.25) is 19.2 Å². The van der Waals surface area contributed by atoms with E-state index in [0.29, 0.717) is 28.4 Å². The Morgan fingerprint density at radius 2 is 1.85 bits per heavy atom. The summed E-state index contributed by atoms with van der Waals surface area (Å²) in [6, 6.07) is 10.1. The number of nitrogens with one attached hydrogen (secondary N) is 1. The molecule has 0 bridgehead atoms. The van der Waals surface area contributed by atoms with Crippen LogP contribution in [0.1, 0.15) is 16.1 Å². The molecule has 4 rings (SSSR count). The van der Waals surface area contributed by atoms with E-state index in [2.05, 4.69) is 20.3 Å². The van der Waals surface area contributed by atoms with Gasteiger partial charge in [0.05, 0.1) is 17.6 Å². The van der Waals surface area contributed by atoms with Crippen molar-refractivity contribution in [3.8, 4) is 17.0 Å². The Labute approximate surface area is 149 Å². The van der Waals surface area contributed by atoms with Crippen LogP contribution in [-0.2, 0) is 0 Å². The molecular weight excluding hydrogens is 330 g/mol. The first-order valence-electron chi connectivity index (χ1n) is 7.97. The van der Waals surface area contributed by atoms with Crippen LogP contribution in [0.3, 0.4) is 0 Å². The second-order valence-corrected chi connectivity index (χ2v) is 5.78. The number of hydrogen-bond donors (Lipinski definition) is 2. The number of aryl methyl sites for hydroxylation is 1. The molecule has 128 valence electrons. The molecule has 0 aliphatic carbocycles. The first kappa shape index (κ1) is 15.8. The number of carbonyl (C=O) groups excluding carboxylic acids is 1. The minimum atomic E-state index is -0.236. The van der Waals surface area contributed by atoms with Crippen molar-refractivity contribution in [1.82, 2.24) is 19.4 Å². The van der Waals surface area contributed by atoms with E-state index >= 15 is 0 Å². The van der Waals surface area contributed by atoms with Crippen LogP contribution < -0.4 is 5.32 Å². The molecule has 0 saturated carbocycles. The molecule has 7 nitrogen and oxygen atoms in total. The van der Waals surface area contributed by atoms with Crippen LogP contribution in [0.4, 0.5) is 5.82 Å². The highest BCUT2D eigenvalue weighted by Crippen LogP contribution is 2.24. The van der Waals surface area contributed by atoms with Crippen molar-refractivity contribution in [3.63, 3.8) is 0 Å². The van der Waals surface area contributed by atoms with Gasteiger partial charge in [0, 0.05) is 29.7 Å². The lowest BCUT2D eigenvalue weighted by atomic mass is 10.1. The van der Waals surface area contributed by atoms with Gasteiger partial charge in [0.15, 0.2) is 5.65 Å². The molecule has 0 spiro atoms. The summed E-state index contributed by atoms with van der Waals surface area (Å²) in [7, 11) is 0. The number of aromatic nitrogens is 4. The Kier molecular flexibility index (Phi) is 3.81. The van der Waals surface area contributed by atoms with Crippen LogP contribution in [0.5, 0.6) is 5.75 Å². The molecule has 0 radical (unpaired) electrons. The van der Waals surface area contributed by atoms with Crippen molar-refractivity contribution in [2.75, 3.05) is 5.32 Å². The standard InChI is InChI=1S/C19H15N5O2/c1-12-18(23-19(26)14-6-8-20-9-7-14)24-11-16(21-10-17(24)22-12)13-2-4-15(25)5-3-13/h2-11,25H,1H3,(H,23,26). The number of benzene rings is 1. The molecule has 3 heterocycles. The van der Waals surface area contributed by atoms with Crippen LogP contribution >= 0.6 is 0 Å². The molecule has 7 heteroatoms. The number of hydrogen-bond acceptors (Lipinski definition) is 5. The molecule has 0 fully saturated rings. The number of fused-ring (bicyclic) bond motifs is 1. The third-order valence-corrected chi connectivity index (χ3v) is 4.02. The Morgan fingerprint density at radius 3 is 2.58 bits per heavy atom. The number of anilines is 1. The molecule has 0 aliphatic rings. The van der Waals surface area contributed by atoms with Gasteiger partial charge in [-0.25, -0.2) is 4.98 Å². The van der Waals surface area contributed by atoms with Crippen molar-refractivity contribution in [2.45, 2.75) is 6.92 Å². The maximum absolute atomic E-state index is 12.5. The van der Waals surface area contributed by atoms with Gasteiger partial charge in [0.25, 0.3) is 5.91 Å². The lowest BCUT2D eigenvalue weighted by Crippen LogP contribution is -2.14. The number of aromatic hydroxyl groups is 1. The number of carbonyl (C=O) groups is 1. The van der Waals surface area contributed by atoms with Crippen molar-refractivity contribution in [1.29, 1.82) is 0 Å². The number of phenols is 1. The monoisotopic (exact) mass is 345 g/mol. The summed E-state index contributed by atoms with van der Waals surface area (Å²) < 4.78 is 1.80. The van der Waals surface area contributed by atoms with Gasteiger partial charge in [0.1, 0.15) is 11.6 Å². The maximum Gasteiger partial charge on any atom is 0.256 e. The van der Waals surface area contributed by atoms with Crippen molar-refractivity contribution in [3.05, 3.63) is 72.4 Å². The maximum atomic E-state index is 12.5. The molecule has 4 aromatic rings. The number of pyridine rings is 1. The van der Waals surface area contributed by atoms with E-state index in [1.165, 1.54) is 0 Å². The van der Waals surface area contributed by atoms with Gasteiger partial charge < -0.3 is 10.4 Å². The molecule has 1 amide bonds. The van der Waals surface area contributed by atoms with Gasteiger partial charge in [0.2, 0.25) is 0 Å². The van der Waals surface area contributed by atoms with Crippen molar-refractivity contribution >= 4 is 17.4 Å². The fourth-order valence-electron chi connectivity index (χ4n) is 2.69. The summed E-state index contributed by atoms with van der Waals surface area (Å²) in [5.74, 6) is 0.545. The SMILES string of the molecule is Cc1nc2cnc(-c3ccc(O)cc3)cn2c1NC(=O)c1ccncc1. The van der Waals surface area contributed by atoms with Crippen molar-refractivity contribution < 1.29 is 9.90 Å². The summed E-state index contributed by atoms with van der Waals surface area (Å²) in [6.07, 6.45) is 6.60. The Bertz CT molecular complexity index is 1090. The highest BCUT2D eigenvalue weighted by Gasteiger charge is 2.14. The Balaban J connectivity index is 1.74. The molecule has 0 aliphatic heterocycles. The largest absolute Gasteiger partial charge is 0.508 e. The van der Waals surface area contributed by atoms with E-state index < -0.39 is 0 Å². The average Bonchev–Trinajstić information content (AvgIpc) is 2.98. The molecule has 0 saturated heterocycles. The van der Waals surface area contributed by atoms with E-state index in [1.54, 1.807) is 59.4 Å². The molecule has 0 unspecified atom stereocenters. The number of nitrogens with zero attached hydrogens (tertiary/aromatic N) is 4. The minimum absolute atomic E-state index is 0.193. The van der Waals surface area contributed by atoms with Gasteiger partial charge >= 0.3 is 0 Å². The number of rotatable bonds is 3. The fourth-order valence-corrected chi connectivity index (χ4v) is 2.69. The fraction of sp³-hybridized carbons (Fsp3) is 0.0526. The molecule has 1 aromatic carbocycles. The number of imidazole rings is 1. The molecule has 3 aromatic heterocycles. The number of phenolic OH excluding ortho intramolecular Hbond substituents is 1. The summed E-state index contributed by atoms with van der Waals surface area (Å²) >= 11 is 0. The van der Waals surface area contributed by atoms with Crippen LogP contribution in [0.25, 0.3) is 16.9 Å². The molecule has 2 N–H and O–H groups in total. The van der Waals surface area contributed by atoms with E-state index in [1.807, 2.05) is 13.1 Å². The quantitative estimate of drug-likeness (QED) is 0.595. The van der Waals surface area contributed by atoms with E-state index in [9.17, 15) is 9.90 Å². The van der Waals surface area contributed by atoms with Gasteiger partial charge in [-0.15, -0.1) is 0 Å². The van der Waals surface area contributed by atoms with Gasteiger partial charge in [-0.05, 0) is 43.3 Å². The first-order valence-corrected chi connectivity index (χ1v) is 7.97. The zero-order valence-corrected chi connectivity index (χ0v) is 13.9. The highest BCUT2D eigenvalue weighted by molar-refractivity contribution is 6.04. The first-order chi connectivity index (χ1) is 12.6. The Hall–Kier alpha value is -3.74. The highest BCUT2D eigenvalue weighted by atomic mass is 16.3. The lowest BCUT2D eigenvalue weighted by molar-refractivity contribution is 0.102. The number of amides is 1. The predicted octanol–water partition coefficient (Wildman–Crippen LogP) is 3.06. The van der Waals surface area contributed by atoms with E-state index in [4.69, 9.17) is 0 Å². The molecule has 0 atom stereocenters. The third-order valence-electron chi connectivity index (χ3n) is 4.02. The van der Waals surface area contributed by atoms with Crippen LogP contribution in [-0.4, -0.2) is 30.4 Å². The topological polar surface area (TPSA) is 92.4 Å². The molecule has 26 heavy (non-hydrogen) atoms. The molecular formula is C19H15N5O2. The predicted molar refractivity (Wildman–Crippen MR) is 97.0 cm³/mol. The van der Waals surface area contributed by atoms with Crippen molar-refractivity contribution in [2.24, 2.45) is 0 Å². The third kappa shape index (κ3) is 2.86. The van der Waals surface area contributed by atoms with E-state index in [-0.39, 0.29) is 11.7 Å². The van der Waals surface area contributed by atoms with Gasteiger partial charge in [-0.2, -0.15) is 0 Å². The van der Waals surface area contributed by atoms with E-state index in [0.717, 1.165) is 5.56 Å². The zero-order valence-electron chi connectivity index (χ0n) is 13.9. The summed E-state index contributed by atoms with van der Waals surface area (Å²) in [5.41, 5.74) is 3.39. The van der Waals surface area contributed by atoms with Crippen LogP contribution in [0.2, 0.25) is 0 Å². The smallest absolute Gasteiger partial charge is 0.256 e. The lowest BCUT2D eigenvalue weighted by Gasteiger charge is -2.07. The second kappa shape index (κ2) is 6.29. The summed E-state index contributed by atoms with van der Waals surface area (Å²) in [4.78, 5) is 25.3.